The molecule has 0 aromatic carbocycles. The number of carbonyl (C=O) groups is 1. The van der Waals surface area contributed by atoms with Gasteiger partial charge in [-0.2, -0.15) is 0 Å². The molecule has 3 nitrogen and oxygen atoms in total. The molecule has 94 valence electrons. The lowest BCUT2D eigenvalue weighted by Gasteiger charge is -2.03. The van der Waals surface area contributed by atoms with E-state index >= 15 is 0 Å². The maximum Gasteiger partial charge on any atom is 0.244 e. The lowest BCUT2D eigenvalue weighted by Crippen LogP contribution is -2.22. The molecule has 5 heteroatoms. The fourth-order valence-electron chi connectivity index (χ4n) is 1.24. The van der Waals surface area contributed by atoms with Crippen LogP contribution in [0, 0.1) is 0 Å². The van der Waals surface area contributed by atoms with Gasteiger partial charge in [0.15, 0.2) is 0 Å². The number of aliphatic hydroxyl groups is 1. The maximum atomic E-state index is 11.4. The molecule has 1 heterocycles. The Morgan fingerprint density at radius 1 is 1.65 bits per heavy atom. The lowest BCUT2D eigenvalue weighted by molar-refractivity contribution is -0.116. The summed E-state index contributed by atoms with van der Waals surface area (Å²) in [5, 5.41) is 11.8. The third kappa shape index (κ3) is 6.46. The van der Waals surface area contributed by atoms with Gasteiger partial charge in [0.2, 0.25) is 5.91 Å². The van der Waals surface area contributed by atoms with Crippen LogP contribution in [0.5, 0.6) is 0 Å². The molecule has 0 saturated carbocycles. The number of nitrogens with one attached hydrogen (secondary N) is 1. The molecule has 0 aliphatic carbocycles. The predicted octanol–water partition coefficient (Wildman–Crippen LogP) is 2.69. The molecular weight excluding hydrogens is 258 g/mol. The second-order valence-corrected chi connectivity index (χ2v) is 5.50. The maximum absolute atomic E-state index is 11.4. The molecule has 1 rings (SSSR count). The van der Waals surface area contributed by atoms with Crippen molar-refractivity contribution in [2.45, 2.75) is 25.9 Å². The molecule has 0 bridgehead atoms. The summed E-state index contributed by atoms with van der Waals surface area (Å²) in [5.74, 6) is -0.125. The molecule has 0 aliphatic rings. The molecule has 1 atom stereocenters. The Morgan fingerprint density at radius 2 is 2.41 bits per heavy atom. The van der Waals surface area contributed by atoms with E-state index in [1.165, 1.54) is 17.4 Å². The highest BCUT2D eigenvalue weighted by atomic mass is 35.5. The average Bonchev–Trinajstić information content (AvgIpc) is 2.67. The number of halogens is 1. The summed E-state index contributed by atoms with van der Waals surface area (Å²) < 4.78 is 0.710. The highest BCUT2D eigenvalue weighted by Gasteiger charge is 1.98. The highest BCUT2D eigenvalue weighted by molar-refractivity contribution is 7.17. The van der Waals surface area contributed by atoms with Gasteiger partial charge in [0.1, 0.15) is 0 Å². The molecule has 0 saturated heterocycles. The molecule has 17 heavy (non-hydrogen) atoms. The monoisotopic (exact) mass is 273 g/mol. The first-order chi connectivity index (χ1) is 8.08. The summed E-state index contributed by atoms with van der Waals surface area (Å²) in [6.45, 7) is 2.32. The zero-order valence-corrected chi connectivity index (χ0v) is 11.2. The van der Waals surface area contributed by atoms with Gasteiger partial charge in [-0.15, -0.1) is 11.3 Å². The van der Waals surface area contributed by atoms with E-state index in [2.05, 4.69) is 5.32 Å². The number of aliphatic hydroxyl groups excluding tert-OH is 1. The Morgan fingerprint density at radius 3 is 3.00 bits per heavy atom. The Balaban J connectivity index is 2.23. The van der Waals surface area contributed by atoms with Crippen molar-refractivity contribution in [1.29, 1.82) is 0 Å². The molecule has 2 N–H and O–H groups in total. The van der Waals surface area contributed by atoms with Crippen molar-refractivity contribution in [3.05, 3.63) is 27.4 Å². The van der Waals surface area contributed by atoms with Crippen molar-refractivity contribution in [2.75, 3.05) is 6.54 Å². The summed E-state index contributed by atoms with van der Waals surface area (Å²) in [4.78, 5) is 12.3. The zero-order chi connectivity index (χ0) is 12.7. The van der Waals surface area contributed by atoms with Crippen LogP contribution in [0.1, 0.15) is 24.6 Å². The van der Waals surface area contributed by atoms with Crippen molar-refractivity contribution < 1.29 is 9.90 Å². The SMILES string of the molecule is CC(O)CCCNC(=O)/C=C/c1ccc(Cl)s1. The van der Waals surface area contributed by atoms with Gasteiger partial charge in [-0.05, 0) is 38.0 Å². The van der Waals surface area contributed by atoms with Crippen LogP contribution in [0.4, 0.5) is 0 Å². The second kappa shape index (κ2) is 7.48. The molecule has 0 radical (unpaired) electrons. The van der Waals surface area contributed by atoms with Crippen molar-refractivity contribution in [2.24, 2.45) is 0 Å². The first-order valence-electron chi connectivity index (χ1n) is 5.47. The number of thiophene rings is 1. The van der Waals surface area contributed by atoms with Crippen molar-refractivity contribution in [3.8, 4) is 0 Å². The van der Waals surface area contributed by atoms with E-state index in [-0.39, 0.29) is 12.0 Å². The molecule has 0 fully saturated rings. The quantitative estimate of drug-likeness (QED) is 0.618. The van der Waals surface area contributed by atoms with E-state index in [0.717, 1.165) is 11.3 Å². The van der Waals surface area contributed by atoms with Crippen LogP contribution in [0.25, 0.3) is 6.08 Å². The van der Waals surface area contributed by atoms with Gasteiger partial charge < -0.3 is 10.4 Å². The molecular formula is C12H16ClNO2S. The topological polar surface area (TPSA) is 49.3 Å². The van der Waals surface area contributed by atoms with Crippen LogP contribution in [-0.4, -0.2) is 23.7 Å². The van der Waals surface area contributed by atoms with Gasteiger partial charge in [-0.3, -0.25) is 4.79 Å². The third-order valence-corrected chi connectivity index (χ3v) is 3.29. The molecule has 1 aromatic heterocycles. The van der Waals surface area contributed by atoms with Crippen LogP contribution in [0.2, 0.25) is 4.34 Å². The van der Waals surface area contributed by atoms with Crippen molar-refractivity contribution >= 4 is 34.9 Å². The lowest BCUT2D eigenvalue weighted by atomic mass is 10.2. The van der Waals surface area contributed by atoms with E-state index in [1.807, 2.05) is 6.07 Å². The van der Waals surface area contributed by atoms with E-state index in [0.29, 0.717) is 17.3 Å². The van der Waals surface area contributed by atoms with E-state index in [4.69, 9.17) is 16.7 Å². The normalized spacial score (nSPS) is 12.9. The average molecular weight is 274 g/mol. The summed E-state index contributed by atoms with van der Waals surface area (Å²) in [6, 6.07) is 3.66. The van der Waals surface area contributed by atoms with Gasteiger partial charge in [0.25, 0.3) is 0 Å². The van der Waals surface area contributed by atoms with E-state index in [1.54, 1.807) is 19.1 Å². The summed E-state index contributed by atoms with van der Waals surface area (Å²) in [7, 11) is 0. The van der Waals surface area contributed by atoms with Crippen LogP contribution >= 0.6 is 22.9 Å². The third-order valence-electron chi connectivity index (χ3n) is 2.09. The van der Waals surface area contributed by atoms with Gasteiger partial charge in [0.05, 0.1) is 10.4 Å². The summed E-state index contributed by atoms with van der Waals surface area (Å²) in [6.07, 6.45) is 4.40. The fourth-order valence-corrected chi connectivity index (χ4v) is 2.21. The number of hydrogen-bond donors (Lipinski definition) is 2. The summed E-state index contributed by atoms with van der Waals surface area (Å²) >= 11 is 7.20. The predicted molar refractivity (Wildman–Crippen MR) is 72.3 cm³/mol. The fraction of sp³-hybridized carbons (Fsp3) is 0.417. The van der Waals surface area contributed by atoms with Crippen molar-refractivity contribution in [1.82, 2.24) is 5.32 Å². The van der Waals surface area contributed by atoms with Gasteiger partial charge >= 0.3 is 0 Å². The second-order valence-electron chi connectivity index (χ2n) is 3.76. The van der Waals surface area contributed by atoms with Crippen LogP contribution < -0.4 is 5.32 Å². The smallest absolute Gasteiger partial charge is 0.244 e. The number of rotatable bonds is 6. The Hall–Kier alpha value is -0.840. The highest BCUT2D eigenvalue weighted by Crippen LogP contribution is 2.22. The molecule has 1 aromatic rings. The van der Waals surface area contributed by atoms with Gasteiger partial charge in [-0.1, -0.05) is 11.6 Å². The zero-order valence-electron chi connectivity index (χ0n) is 9.65. The van der Waals surface area contributed by atoms with E-state index < -0.39 is 0 Å². The van der Waals surface area contributed by atoms with Gasteiger partial charge in [0, 0.05) is 17.5 Å². The molecule has 1 unspecified atom stereocenters. The first kappa shape index (κ1) is 14.2. The number of hydrogen-bond acceptors (Lipinski definition) is 3. The van der Waals surface area contributed by atoms with Crippen molar-refractivity contribution in [3.63, 3.8) is 0 Å². The molecule has 0 spiro atoms. The van der Waals surface area contributed by atoms with Crippen LogP contribution in [0.15, 0.2) is 18.2 Å². The minimum atomic E-state index is -0.310. The largest absolute Gasteiger partial charge is 0.393 e. The summed E-state index contributed by atoms with van der Waals surface area (Å²) in [5.41, 5.74) is 0. The number of carbonyl (C=O) groups excluding carboxylic acids is 1. The Labute approximate surface area is 110 Å². The van der Waals surface area contributed by atoms with Crippen LogP contribution in [-0.2, 0) is 4.79 Å². The minimum Gasteiger partial charge on any atom is -0.393 e. The Kier molecular flexibility index (Phi) is 6.26. The first-order valence-corrected chi connectivity index (χ1v) is 6.66. The number of amides is 1. The molecule has 0 aliphatic heterocycles. The Bertz CT molecular complexity index is 388. The van der Waals surface area contributed by atoms with Crippen LogP contribution in [0.3, 0.4) is 0 Å². The standard InChI is InChI=1S/C12H16ClNO2S/c1-9(15)3-2-8-14-12(16)7-5-10-4-6-11(13)17-10/h4-7,9,15H,2-3,8H2,1H3,(H,14,16)/b7-5+. The minimum absolute atomic E-state index is 0.125. The van der Waals surface area contributed by atoms with E-state index in [9.17, 15) is 4.79 Å². The molecule has 1 amide bonds. The van der Waals surface area contributed by atoms with Gasteiger partial charge in [-0.25, -0.2) is 0 Å².